The van der Waals surface area contributed by atoms with Gasteiger partial charge in [-0.1, -0.05) is 26.8 Å². The van der Waals surface area contributed by atoms with Gasteiger partial charge in [0.2, 0.25) is 0 Å². The van der Waals surface area contributed by atoms with Crippen LogP contribution in [0.2, 0.25) is 0 Å². The van der Waals surface area contributed by atoms with E-state index in [1.807, 2.05) is 43.3 Å². The van der Waals surface area contributed by atoms with Crippen LogP contribution in [0, 0.1) is 11.3 Å². The molecule has 0 heterocycles. The van der Waals surface area contributed by atoms with Crippen LogP contribution in [0.1, 0.15) is 50.4 Å². The number of nitrogens with one attached hydrogen (secondary N) is 1. The number of nitrogens with zero attached hydrogens (tertiary/aromatic N) is 2. The first kappa shape index (κ1) is 16.5. The fourth-order valence-corrected chi connectivity index (χ4v) is 3.32. The Labute approximate surface area is 133 Å². The lowest BCUT2D eigenvalue weighted by Gasteiger charge is -2.34. The van der Waals surface area contributed by atoms with Gasteiger partial charge in [0.1, 0.15) is 0 Å². The van der Waals surface area contributed by atoms with Crippen molar-refractivity contribution in [1.82, 2.24) is 5.43 Å². The Kier molecular flexibility index (Phi) is 4.89. The fraction of sp³-hybridized carbons (Fsp3) is 0.556. The monoisotopic (exact) mass is 301 g/mol. The van der Waals surface area contributed by atoms with Crippen LogP contribution >= 0.6 is 0 Å². The molecule has 1 aromatic carbocycles. The molecule has 0 bridgehead atoms. The Morgan fingerprint density at radius 2 is 2.09 bits per heavy atom. The first-order chi connectivity index (χ1) is 10.3. The van der Waals surface area contributed by atoms with Gasteiger partial charge in [-0.05, 0) is 48.8 Å². The number of rotatable bonds is 3. The number of hydrogen-bond donors (Lipinski definition) is 1. The van der Waals surface area contributed by atoms with E-state index in [1.54, 1.807) is 0 Å². The van der Waals surface area contributed by atoms with Crippen molar-refractivity contribution in [3.8, 4) is 0 Å². The molecule has 1 aliphatic carbocycles. The maximum absolute atomic E-state index is 12.3. The number of carbonyl (C=O) groups is 1. The second-order valence-corrected chi connectivity index (χ2v) is 7.42. The maximum Gasteiger partial charge on any atom is 0.271 e. The van der Waals surface area contributed by atoms with Crippen molar-refractivity contribution in [2.75, 3.05) is 19.0 Å². The molecule has 2 rings (SSSR count). The predicted octanol–water partition coefficient (Wildman–Crippen LogP) is 3.68. The summed E-state index contributed by atoms with van der Waals surface area (Å²) >= 11 is 0. The number of hydrogen-bond acceptors (Lipinski definition) is 3. The highest BCUT2D eigenvalue weighted by atomic mass is 16.2. The minimum absolute atomic E-state index is 0.146. The molecule has 0 aromatic heterocycles. The third-order valence-electron chi connectivity index (χ3n) is 4.11. The summed E-state index contributed by atoms with van der Waals surface area (Å²) in [4.78, 5) is 14.2. The van der Waals surface area contributed by atoms with Gasteiger partial charge in [-0.2, -0.15) is 5.10 Å². The summed E-state index contributed by atoms with van der Waals surface area (Å²) < 4.78 is 0. The zero-order valence-electron chi connectivity index (χ0n) is 14.3. The van der Waals surface area contributed by atoms with E-state index in [1.165, 1.54) is 6.42 Å². The fourth-order valence-electron chi connectivity index (χ4n) is 3.32. The molecule has 0 spiro atoms. The molecule has 1 N–H and O–H groups in total. The van der Waals surface area contributed by atoms with Crippen molar-refractivity contribution < 1.29 is 4.79 Å². The summed E-state index contributed by atoms with van der Waals surface area (Å²) in [5.41, 5.74) is 5.74. The van der Waals surface area contributed by atoms with Crippen LogP contribution in [0.4, 0.5) is 5.69 Å². The van der Waals surface area contributed by atoms with Crippen LogP contribution in [0.3, 0.4) is 0 Å². The van der Waals surface area contributed by atoms with Crippen LogP contribution in [-0.2, 0) is 0 Å². The van der Waals surface area contributed by atoms with Crippen molar-refractivity contribution >= 4 is 17.3 Å². The van der Waals surface area contributed by atoms with Gasteiger partial charge in [-0.25, -0.2) is 5.43 Å². The Balaban J connectivity index is 2.06. The third kappa shape index (κ3) is 4.33. The van der Waals surface area contributed by atoms with E-state index in [0.717, 1.165) is 24.2 Å². The molecule has 1 saturated carbocycles. The smallest absolute Gasteiger partial charge is 0.271 e. The number of hydrazone groups is 1. The number of benzene rings is 1. The molecule has 4 heteroatoms. The number of carbonyl (C=O) groups excluding carboxylic acids is 1. The summed E-state index contributed by atoms with van der Waals surface area (Å²) in [5, 5.41) is 4.38. The third-order valence-corrected chi connectivity index (χ3v) is 4.11. The van der Waals surface area contributed by atoms with E-state index < -0.39 is 0 Å². The van der Waals surface area contributed by atoms with E-state index in [9.17, 15) is 4.79 Å². The van der Waals surface area contributed by atoms with E-state index >= 15 is 0 Å². The maximum atomic E-state index is 12.3. The van der Waals surface area contributed by atoms with E-state index in [4.69, 9.17) is 0 Å². The van der Waals surface area contributed by atoms with E-state index in [0.29, 0.717) is 11.5 Å². The Bertz CT molecular complexity index is 575. The molecule has 0 radical (unpaired) electrons. The molecule has 4 nitrogen and oxygen atoms in total. The van der Waals surface area contributed by atoms with Gasteiger partial charge >= 0.3 is 0 Å². The van der Waals surface area contributed by atoms with E-state index in [2.05, 4.69) is 31.3 Å². The molecular weight excluding hydrogens is 274 g/mol. The summed E-state index contributed by atoms with van der Waals surface area (Å²) in [6, 6.07) is 7.57. The molecule has 1 amide bonds. The molecule has 0 unspecified atom stereocenters. The number of anilines is 1. The molecular formula is C18H27N3O. The quantitative estimate of drug-likeness (QED) is 0.865. The molecule has 1 aliphatic rings. The molecule has 1 atom stereocenters. The van der Waals surface area contributed by atoms with Gasteiger partial charge in [0.15, 0.2) is 0 Å². The second kappa shape index (κ2) is 6.51. The van der Waals surface area contributed by atoms with Crippen LogP contribution in [0.15, 0.2) is 29.4 Å². The van der Waals surface area contributed by atoms with Gasteiger partial charge in [0, 0.05) is 31.1 Å². The van der Waals surface area contributed by atoms with Crippen molar-refractivity contribution in [1.29, 1.82) is 0 Å². The van der Waals surface area contributed by atoms with Crippen LogP contribution in [-0.4, -0.2) is 25.7 Å². The summed E-state index contributed by atoms with van der Waals surface area (Å²) in [6.07, 6.45) is 3.14. The SMILES string of the molecule is C[C@@H]1C/C(=N/NC(=O)c2cccc(N(C)C)c2)CC(C)(C)C1. The van der Waals surface area contributed by atoms with Crippen LogP contribution < -0.4 is 10.3 Å². The standard InChI is InChI=1S/C18H27N3O/c1-13-9-15(12-18(2,3)11-13)19-20-17(22)14-7-6-8-16(10-14)21(4)5/h6-8,10,13H,9,11-12H2,1-5H3,(H,20,22)/b19-15-/t13-/m1/s1. The first-order valence-electron chi connectivity index (χ1n) is 7.90. The van der Waals surface area contributed by atoms with Crippen LogP contribution in [0.5, 0.6) is 0 Å². The minimum atomic E-state index is -0.146. The normalized spacial score (nSPS) is 22.4. The lowest BCUT2D eigenvalue weighted by Crippen LogP contribution is -2.30. The largest absolute Gasteiger partial charge is 0.378 e. The number of amides is 1. The average Bonchev–Trinajstić information content (AvgIpc) is 2.42. The predicted molar refractivity (Wildman–Crippen MR) is 92.5 cm³/mol. The first-order valence-corrected chi connectivity index (χ1v) is 7.90. The van der Waals surface area contributed by atoms with Crippen molar-refractivity contribution in [3.63, 3.8) is 0 Å². The zero-order chi connectivity index (χ0) is 16.3. The molecule has 0 saturated heterocycles. The summed E-state index contributed by atoms with van der Waals surface area (Å²) in [6.45, 7) is 6.78. The molecule has 1 aromatic rings. The lowest BCUT2D eigenvalue weighted by atomic mass is 9.72. The molecule has 1 fully saturated rings. The van der Waals surface area contributed by atoms with Gasteiger partial charge in [0.25, 0.3) is 5.91 Å². The highest BCUT2D eigenvalue weighted by molar-refractivity contribution is 5.96. The average molecular weight is 301 g/mol. The van der Waals surface area contributed by atoms with Gasteiger partial charge in [-0.15, -0.1) is 0 Å². The highest BCUT2D eigenvalue weighted by Gasteiger charge is 2.29. The Morgan fingerprint density at radius 1 is 1.36 bits per heavy atom. The van der Waals surface area contributed by atoms with Gasteiger partial charge in [-0.3, -0.25) is 4.79 Å². The van der Waals surface area contributed by atoms with E-state index in [-0.39, 0.29) is 11.3 Å². The van der Waals surface area contributed by atoms with Gasteiger partial charge in [0.05, 0.1) is 0 Å². The highest BCUT2D eigenvalue weighted by Crippen LogP contribution is 2.36. The Hall–Kier alpha value is -1.84. The molecule has 22 heavy (non-hydrogen) atoms. The summed E-state index contributed by atoms with van der Waals surface area (Å²) in [7, 11) is 3.92. The van der Waals surface area contributed by atoms with Crippen molar-refractivity contribution in [2.24, 2.45) is 16.4 Å². The van der Waals surface area contributed by atoms with Crippen molar-refractivity contribution in [2.45, 2.75) is 40.0 Å². The Morgan fingerprint density at radius 3 is 2.73 bits per heavy atom. The van der Waals surface area contributed by atoms with Crippen molar-refractivity contribution in [3.05, 3.63) is 29.8 Å². The van der Waals surface area contributed by atoms with Crippen LogP contribution in [0.25, 0.3) is 0 Å². The summed E-state index contributed by atoms with van der Waals surface area (Å²) in [5.74, 6) is 0.476. The minimum Gasteiger partial charge on any atom is -0.378 e. The second-order valence-electron chi connectivity index (χ2n) is 7.42. The molecule has 120 valence electrons. The van der Waals surface area contributed by atoms with Gasteiger partial charge < -0.3 is 4.90 Å². The topological polar surface area (TPSA) is 44.7 Å². The lowest BCUT2D eigenvalue weighted by molar-refractivity contribution is 0.0954. The molecule has 0 aliphatic heterocycles. The zero-order valence-corrected chi connectivity index (χ0v) is 14.3.